The molecule has 1 fully saturated rings. The van der Waals surface area contributed by atoms with Crippen LogP contribution in [0.2, 0.25) is 0 Å². The van der Waals surface area contributed by atoms with E-state index < -0.39 is 17.7 Å². The summed E-state index contributed by atoms with van der Waals surface area (Å²) in [4.78, 5) is 34.1. The summed E-state index contributed by atoms with van der Waals surface area (Å²) in [7, 11) is 3.91. The molecule has 2 unspecified atom stereocenters. The number of nitrogens with zero attached hydrogens (tertiary/aromatic N) is 4. The van der Waals surface area contributed by atoms with E-state index in [-0.39, 0.29) is 17.4 Å². The molecule has 8 nitrogen and oxygen atoms in total. The number of carbonyl (C=O) groups excluding carboxylic acids is 2. The van der Waals surface area contributed by atoms with Crippen molar-refractivity contribution >= 4 is 23.1 Å². The van der Waals surface area contributed by atoms with Crippen molar-refractivity contribution in [3.8, 4) is 5.75 Å². The highest BCUT2D eigenvalue weighted by molar-refractivity contribution is 6.46. The van der Waals surface area contributed by atoms with Gasteiger partial charge in [0.05, 0.1) is 17.9 Å². The zero-order valence-corrected chi connectivity index (χ0v) is 20.7. The largest absolute Gasteiger partial charge is 0.507 e. The van der Waals surface area contributed by atoms with Gasteiger partial charge in [0.15, 0.2) is 0 Å². The van der Waals surface area contributed by atoms with Crippen molar-refractivity contribution in [2.75, 3.05) is 25.5 Å². The van der Waals surface area contributed by atoms with Gasteiger partial charge in [-0.25, -0.2) is 4.98 Å². The van der Waals surface area contributed by atoms with Crippen molar-refractivity contribution in [3.63, 3.8) is 0 Å². The van der Waals surface area contributed by atoms with Gasteiger partial charge in [-0.1, -0.05) is 12.1 Å². The Morgan fingerprint density at radius 2 is 1.92 bits per heavy atom. The highest BCUT2D eigenvalue weighted by Crippen LogP contribution is 2.41. The van der Waals surface area contributed by atoms with Crippen LogP contribution < -0.4 is 9.64 Å². The number of aliphatic hydroxyl groups is 1. The van der Waals surface area contributed by atoms with Gasteiger partial charge in [-0.3, -0.25) is 9.59 Å². The summed E-state index contributed by atoms with van der Waals surface area (Å²) in [5, 5.41) is 11.4. The van der Waals surface area contributed by atoms with Crippen LogP contribution in [0.1, 0.15) is 36.1 Å². The molecule has 2 aliphatic rings. The van der Waals surface area contributed by atoms with Crippen molar-refractivity contribution in [1.29, 1.82) is 0 Å². The van der Waals surface area contributed by atoms with E-state index in [9.17, 15) is 14.7 Å². The highest BCUT2D eigenvalue weighted by Gasteiger charge is 2.45. The third-order valence-corrected chi connectivity index (χ3v) is 6.81. The molecule has 1 amide bonds. The summed E-state index contributed by atoms with van der Waals surface area (Å²) < 4.78 is 7.72. The molecule has 3 aromatic rings. The fourth-order valence-corrected chi connectivity index (χ4v) is 4.98. The number of hydrogen-bond acceptors (Lipinski definition) is 6. The number of ketones is 1. The molecule has 5 rings (SSSR count). The number of ether oxygens (including phenoxy) is 1. The summed E-state index contributed by atoms with van der Waals surface area (Å²) in [6.45, 7) is 3.03. The summed E-state index contributed by atoms with van der Waals surface area (Å²) in [6.07, 6.45) is 6.74. The van der Waals surface area contributed by atoms with Crippen molar-refractivity contribution in [1.82, 2.24) is 14.5 Å². The van der Waals surface area contributed by atoms with E-state index in [0.29, 0.717) is 25.1 Å². The van der Waals surface area contributed by atoms with Gasteiger partial charge < -0.3 is 24.2 Å². The van der Waals surface area contributed by atoms with Crippen LogP contribution in [0.5, 0.6) is 5.75 Å². The van der Waals surface area contributed by atoms with E-state index in [1.165, 1.54) is 0 Å². The van der Waals surface area contributed by atoms with Crippen LogP contribution in [0.3, 0.4) is 0 Å². The summed E-state index contributed by atoms with van der Waals surface area (Å²) in [6, 6.07) is 12.5. The molecule has 0 saturated carbocycles. The lowest BCUT2D eigenvalue weighted by molar-refractivity contribution is -0.139. The Kier molecular flexibility index (Phi) is 6.26. The number of benzene rings is 2. The fourth-order valence-electron chi connectivity index (χ4n) is 4.98. The maximum atomic E-state index is 13.3. The quantitative estimate of drug-likeness (QED) is 0.311. The number of likely N-dealkylation sites (tertiary alicyclic amines) is 1. The van der Waals surface area contributed by atoms with Crippen LogP contribution in [0.15, 0.2) is 66.8 Å². The standard InChI is InChI=1S/C28H30N4O4/c1-18-15-21-16-20(7-10-23(21)36-18)26(33)24-25(19-5-8-22(9-6-19)30(2)3)32(28(35)27(24)34)13-4-12-31-14-11-29-17-31/h5-11,14,16-18,25,33H,4,12-13,15H2,1-3H3/b26-24+. The van der Waals surface area contributed by atoms with E-state index in [1.54, 1.807) is 23.5 Å². The number of aliphatic hydroxyl groups excluding tert-OH is 1. The zero-order chi connectivity index (χ0) is 25.4. The first-order valence-corrected chi connectivity index (χ1v) is 12.1. The van der Waals surface area contributed by atoms with Crippen LogP contribution >= 0.6 is 0 Å². The first-order chi connectivity index (χ1) is 17.3. The monoisotopic (exact) mass is 486 g/mol. The predicted molar refractivity (Wildman–Crippen MR) is 137 cm³/mol. The average Bonchev–Trinajstić information content (AvgIpc) is 3.57. The Morgan fingerprint density at radius 3 is 2.61 bits per heavy atom. The number of carbonyl (C=O) groups is 2. The SMILES string of the molecule is CC1Cc2cc(/C(O)=C3\C(=O)C(=O)N(CCCn4ccnc4)C3c3ccc(N(C)C)cc3)ccc2O1. The van der Waals surface area contributed by atoms with Gasteiger partial charge in [0.2, 0.25) is 0 Å². The molecule has 186 valence electrons. The van der Waals surface area contributed by atoms with Crippen LogP contribution in [0.4, 0.5) is 5.69 Å². The van der Waals surface area contributed by atoms with Gasteiger partial charge in [-0.2, -0.15) is 0 Å². The van der Waals surface area contributed by atoms with Crippen molar-refractivity contribution in [2.24, 2.45) is 0 Å². The van der Waals surface area contributed by atoms with E-state index in [2.05, 4.69) is 4.98 Å². The first-order valence-electron chi connectivity index (χ1n) is 12.1. The minimum Gasteiger partial charge on any atom is -0.507 e. The van der Waals surface area contributed by atoms with E-state index in [1.807, 2.05) is 73.1 Å². The number of aromatic nitrogens is 2. The van der Waals surface area contributed by atoms with E-state index >= 15 is 0 Å². The number of aryl methyl sites for hydroxylation is 1. The van der Waals surface area contributed by atoms with Crippen molar-refractivity contribution < 1.29 is 19.4 Å². The van der Waals surface area contributed by atoms with Gasteiger partial charge in [-0.15, -0.1) is 0 Å². The molecule has 8 heteroatoms. The maximum absolute atomic E-state index is 13.3. The second-order valence-electron chi connectivity index (χ2n) is 9.59. The Hall–Kier alpha value is -4.07. The number of imidazole rings is 1. The third kappa shape index (κ3) is 4.34. The topological polar surface area (TPSA) is 87.9 Å². The molecular formula is C28H30N4O4. The van der Waals surface area contributed by atoms with E-state index in [4.69, 9.17) is 4.74 Å². The lowest BCUT2D eigenvalue weighted by Gasteiger charge is -2.26. The third-order valence-electron chi connectivity index (χ3n) is 6.81. The lowest BCUT2D eigenvalue weighted by atomic mass is 9.94. The van der Waals surface area contributed by atoms with Gasteiger partial charge in [0, 0.05) is 57.3 Å². The Bertz CT molecular complexity index is 1310. The molecule has 0 aliphatic carbocycles. The van der Waals surface area contributed by atoms with Gasteiger partial charge in [0.25, 0.3) is 11.7 Å². The molecule has 0 radical (unpaired) electrons. The highest BCUT2D eigenvalue weighted by atomic mass is 16.5. The van der Waals surface area contributed by atoms with Crippen LogP contribution in [0, 0.1) is 0 Å². The minimum atomic E-state index is -0.674. The molecule has 2 aromatic carbocycles. The smallest absolute Gasteiger partial charge is 0.295 e. The number of amides is 1. The fraction of sp³-hybridized carbons (Fsp3) is 0.321. The number of fused-ring (bicyclic) bond motifs is 1. The van der Waals surface area contributed by atoms with Gasteiger partial charge >= 0.3 is 0 Å². The van der Waals surface area contributed by atoms with Gasteiger partial charge in [-0.05, 0) is 54.8 Å². The van der Waals surface area contributed by atoms with Gasteiger partial charge in [0.1, 0.15) is 17.6 Å². The normalized spacial score (nSPS) is 20.5. The number of anilines is 1. The molecule has 2 aliphatic heterocycles. The molecule has 0 spiro atoms. The zero-order valence-electron chi connectivity index (χ0n) is 20.7. The Balaban J connectivity index is 1.53. The Morgan fingerprint density at radius 1 is 1.14 bits per heavy atom. The molecule has 36 heavy (non-hydrogen) atoms. The molecule has 3 heterocycles. The molecule has 2 atom stereocenters. The Labute approximate surface area is 210 Å². The molecule has 0 bridgehead atoms. The summed E-state index contributed by atoms with van der Waals surface area (Å²) in [5.74, 6) is -0.631. The number of rotatable bonds is 7. The molecule has 1 N–H and O–H groups in total. The molecule has 1 saturated heterocycles. The second-order valence-corrected chi connectivity index (χ2v) is 9.59. The first kappa shape index (κ1) is 23.7. The lowest BCUT2D eigenvalue weighted by Crippen LogP contribution is -2.31. The van der Waals surface area contributed by atoms with E-state index in [0.717, 1.165) is 29.0 Å². The summed E-state index contributed by atoms with van der Waals surface area (Å²) >= 11 is 0. The van der Waals surface area contributed by atoms with Crippen molar-refractivity contribution in [3.05, 3.63) is 83.4 Å². The van der Waals surface area contributed by atoms with Crippen molar-refractivity contribution in [2.45, 2.75) is 38.5 Å². The number of Topliss-reactive ketones (excluding diaryl/α,β-unsaturated/α-hetero) is 1. The maximum Gasteiger partial charge on any atom is 0.295 e. The van der Waals surface area contributed by atoms with Crippen LogP contribution in [0.25, 0.3) is 5.76 Å². The number of hydrogen-bond donors (Lipinski definition) is 1. The van der Waals surface area contributed by atoms with Crippen LogP contribution in [-0.2, 0) is 22.6 Å². The summed E-state index contributed by atoms with van der Waals surface area (Å²) in [5.41, 5.74) is 3.39. The molecule has 1 aromatic heterocycles. The molecular weight excluding hydrogens is 456 g/mol. The van der Waals surface area contributed by atoms with Crippen LogP contribution in [-0.4, -0.2) is 58.0 Å². The average molecular weight is 487 g/mol. The minimum absolute atomic E-state index is 0.0636. The predicted octanol–water partition coefficient (Wildman–Crippen LogP) is 3.78. The second kappa shape index (κ2) is 9.53.